The highest BCUT2D eigenvalue weighted by atomic mass is 32.2. The molecule has 4 N–H and O–H groups in total. The summed E-state index contributed by atoms with van der Waals surface area (Å²) in [5, 5.41) is 10.4. The number of likely N-dealkylation sites (tertiary alicyclic amines) is 1. The smallest absolute Gasteiger partial charge is 0.151 e. The Morgan fingerprint density at radius 2 is 2.28 bits per heavy atom. The monoisotopic (exact) mass is 365 g/mol. The lowest BCUT2D eigenvalue weighted by molar-refractivity contribution is 0.149. The molecule has 0 spiro atoms. The minimum Gasteiger partial charge on any atom is -0.391 e. The minimum atomic E-state index is -0.253. The molecule has 0 aliphatic carbocycles. The highest BCUT2D eigenvalue weighted by molar-refractivity contribution is 7.99. The molecular weight excluding hydrogens is 338 g/mol. The number of unbranched alkanes of at least 4 members (excludes halogenated alkanes) is 1. The van der Waals surface area contributed by atoms with E-state index < -0.39 is 0 Å². The number of thioether (sulfide) groups is 1. The zero-order chi connectivity index (χ0) is 17.6. The molecule has 2 aromatic heterocycles. The van der Waals surface area contributed by atoms with Gasteiger partial charge >= 0.3 is 0 Å². The number of nitrogens with one attached hydrogen (secondary N) is 1. The molecule has 138 valence electrons. The molecule has 3 heterocycles. The molecule has 0 amide bonds. The Labute approximate surface area is 152 Å². The summed E-state index contributed by atoms with van der Waals surface area (Å²) in [5.74, 6) is 2.94. The number of ether oxygens (including phenoxy) is 1. The van der Waals surface area contributed by atoms with Gasteiger partial charge in [0.25, 0.3) is 0 Å². The second kappa shape index (κ2) is 8.84. The lowest BCUT2D eigenvalue weighted by Gasteiger charge is -2.15. The van der Waals surface area contributed by atoms with Crippen molar-refractivity contribution in [3.05, 3.63) is 18.1 Å². The maximum Gasteiger partial charge on any atom is 0.151 e. The average molecular weight is 366 g/mol. The van der Waals surface area contributed by atoms with Gasteiger partial charge < -0.3 is 20.6 Å². The van der Waals surface area contributed by atoms with E-state index in [0.29, 0.717) is 18.3 Å². The van der Waals surface area contributed by atoms with Crippen LogP contribution in [-0.2, 0) is 11.3 Å². The van der Waals surface area contributed by atoms with Crippen LogP contribution in [0.5, 0.6) is 0 Å². The van der Waals surface area contributed by atoms with E-state index in [1.165, 1.54) is 12.7 Å². The van der Waals surface area contributed by atoms with Gasteiger partial charge in [-0.05, 0) is 24.3 Å². The van der Waals surface area contributed by atoms with E-state index in [9.17, 15) is 5.11 Å². The lowest BCUT2D eigenvalue weighted by atomic mass is 10.1. The van der Waals surface area contributed by atoms with Crippen molar-refractivity contribution in [1.29, 1.82) is 0 Å². The van der Waals surface area contributed by atoms with Gasteiger partial charge in [-0.3, -0.25) is 4.90 Å². The third-order valence-electron chi connectivity index (χ3n) is 4.67. The van der Waals surface area contributed by atoms with Crippen molar-refractivity contribution >= 4 is 28.6 Å². The number of aromatic nitrogens is 3. The predicted octanol–water partition coefficient (Wildman–Crippen LogP) is 1.49. The minimum absolute atomic E-state index is 0.253. The number of H-pyrrole nitrogens is 1. The van der Waals surface area contributed by atoms with Crippen LogP contribution in [0.2, 0.25) is 0 Å². The number of nitrogens with two attached hydrogens (primary N) is 1. The molecular formula is C17H27N5O2S. The van der Waals surface area contributed by atoms with Crippen LogP contribution in [0.1, 0.15) is 18.4 Å². The van der Waals surface area contributed by atoms with Crippen molar-refractivity contribution < 1.29 is 9.84 Å². The molecule has 0 aromatic carbocycles. The van der Waals surface area contributed by atoms with E-state index in [0.717, 1.165) is 54.2 Å². The van der Waals surface area contributed by atoms with Crippen molar-refractivity contribution in [3.8, 4) is 0 Å². The molecule has 2 atom stereocenters. The Kier molecular flexibility index (Phi) is 6.52. The second-order valence-electron chi connectivity index (χ2n) is 6.59. The molecule has 1 unspecified atom stereocenters. The van der Waals surface area contributed by atoms with Gasteiger partial charge in [-0.2, -0.15) is 11.8 Å². The second-order valence-corrected chi connectivity index (χ2v) is 7.74. The number of aliphatic hydroxyl groups excluding tert-OH is 1. The van der Waals surface area contributed by atoms with Crippen molar-refractivity contribution in [1.82, 2.24) is 19.9 Å². The average Bonchev–Trinajstić information content (AvgIpc) is 3.16. The molecule has 0 radical (unpaired) electrons. The molecule has 1 aliphatic heterocycles. The van der Waals surface area contributed by atoms with Crippen LogP contribution in [-0.4, -0.2) is 69.4 Å². The molecule has 2 aromatic rings. The number of aliphatic hydroxyl groups is 1. The van der Waals surface area contributed by atoms with Crippen LogP contribution in [0.15, 0.2) is 12.5 Å². The summed E-state index contributed by atoms with van der Waals surface area (Å²) >= 11 is 1.93. The number of aromatic amines is 1. The molecule has 1 fully saturated rings. The van der Waals surface area contributed by atoms with E-state index in [-0.39, 0.29) is 6.10 Å². The zero-order valence-electron chi connectivity index (χ0n) is 14.6. The molecule has 3 rings (SSSR count). The van der Waals surface area contributed by atoms with E-state index in [1.54, 1.807) is 7.11 Å². The molecule has 0 bridgehead atoms. The van der Waals surface area contributed by atoms with Crippen molar-refractivity contribution in [3.63, 3.8) is 0 Å². The van der Waals surface area contributed by atoms with Gasteiger partial charge in [-0.1, -0.05) is 0 Å². The van der Waals surface area contributed by atoms with Gasteiger partial charge in [0, 0.05) is 51.0 Å². The quantitative estimate of drug-likeness (QED) is 0.579. The van der Waals surface area contributed by atoms with Crippen LogP contribution in [0.3, 0.4) is 0 Å². The fourth-order valence-corrected chi connectivity index (χ4v) is 4.50. The topological polar surface area (TPSA) is 100 Å². The first-order chi connectivity index (χ1) is 12.2. The lowest BCUT2D eigenvalue weighted by Crippen LogP contribution is -2.21. The standard InChI is InChI=1S/C17H27N5O2S/c1-24-4-2-3-5-25-10-13-8-22(9-14(13)23)7-12-6-19-16-15(12)20-11-21-17(16)18/h6,11,13-14,19,23H,2-5,7-10H2,1H3,(H2,18,20,21)/t13-,14?/m1/s1. The Hall–Kier alpha value is -1.35. The van der Waals surface area contributed by atoms with E-state index in [1.807, 2.05) is 18.0 Å². The third-order valence-corrected chi connectivity index (χ3v) is 5.91. The van der Waals surface area contributed by atoms with Gasteiger partial charge in [0.2, 0.25) is 0 Å². The molecule has 25 heavy (non-hydrogen) atoms. The predicted molar refractivity (Wildman–Crippen MR) is 102 cm³/mol. The number of nitrogens with zero attached hydrogens (tertiary/aromatic N) is 3. The van der Waals surface area contributed by atoms with Crippen LogP contribution in [0.25, 0.3) is 11.0 Å². The van der Waals surface area contributed by atoms with Gasteiger partial charge in [0.1, 0.15) is 11.8 Å². The van der Waals surface area contributed by atoms with Crippen LogP contribution in [0.4, 0.5) is 5.82 Å². The normalized spacial score (nSPS) is 21.4. The van der Waals surface area contributed by atoms with E-state index in [2.05, 4.69) is 19.9 Å². The number of hydrogen-bond donors (Lipinski definition) is 3. The number of β-amino-alcohol motifs (C(OH)–C–C–N with tert-alkyl or cyclic N) is 1. The summed E-state index contributed by atoms with van der Waals surface area (Å²) in [5.41, 5.74) is 8.64. The Morgan fingerprint density at radius 3 is 3.12 bits per heavy atom. The first kappa shape index (κ1) is 18.4. The number of nitrogen functional groups attached to an aromatic ring is 1. The summed E-state index contributed by atoms with van der Waals surface area (Å²) in [6, 6.07) is 0. The summed E-state index contributed by atoms with van der Waals surface area (Å²) < 4.78 is 5.07. The maximum absolute atomic E-state index is 10.4. The number of fused-ring (bicyclic) bond motifs is 1. The number of methoxy groups -OCH3 is 1. The third kappa shape index (κ3) is 4.63. The van der Waals surface area contributed by atoms with Gasteiger partial charge in [0.15, 0.2) is 5.82 Å². The fourth-order valence-electron chi connectivity index (χ4n) is 3.29. The Morgan fingerprint density at radius 1 is 1.40 bits per heavy atom. The number of hydrogen-bond acceptors (Lipinski definition) is 7. The van der Waals surface area contributed by atoms with Gasteiger partial charge in [0.05, 0.1) is 11.6 Å². The van der Waals surface area contributed by atoms with Gasteiger partial charge in [-0.25, -0.2) is 9.97 Å². The molecule has 1 saturated heterocycles. The van der Waals surface area contributed by atoms with Crippen molar-refractivity contribution in [2.75, 3.05) is 44.0 Å². The highest BCUT2D eigenvalue weighted by Crippen LogP contribution is 2.26. The maximum atomic E-state index is 10.4. The fraction of sp³-hybridized carbons (Fsp3) is 0.647. The van der Waals surface area contributed by atoms with Crippen LogP contribution >= 0.6 is 11.8 Å². The largest absolute Gasteiger partial charge is 0.391 e. The Bertz CT molecular complexity index is 680. The number of anilines is 1. The number of rotatable bonds is 9. The first-order valence-electron chi connectivity index (χ1n) is 8.72. The summed E-state index contributed by atoms with van der Waals surface area (Å²) in [6.45, 7) is 3.23. The SMILES string of the molecule is COCCCCSC[C@H]1CN(Cc2c[nH]c3c(N)ncnc23)CC1O. The van der Waals surface area contributed by atoms with E-state index >= 15 is 0 Å². The van der Waals surface area contributed by atoms with Crippen LogP contribution < -0.4 is 5.73 Å². The van der Waals surface area contributed by atoms with Crippen LogP contribution in [0, 0.1) is 5.92 Å². The zero-order valence-corrected chi connectivity index (χ0v) is 15.5. The Balaban J connectivity index is 1.49. The van der Waals surface area contributed by atoms with Crippen molar-refractivity contribution in [2.24, 2.45) is 5.92 Å². The first-order valence-corrected chi connectivity index (χ1v) is 9.88. The highest BCUT2D eigenvalue weighted by Gasteiger charge is 2.31. The molecule has 7 nitrogen and oxygen atoms in total. The van der Waals surface area contributed by atoms with Crippen molar-refractivity contribution in [2.45, 2.75) is 25.5 Å². The van der Waals surface area contributed by atoms with Gasteiger partial charge in [-0.15, -0.1) is 0 Å². The molecule has 1 aliphatic rings. The molecule has 8 heteroatoms. The van der Waals surface area contributed by atoms with E-state index in [4.69, 9.17) is 10.5 Å². The summed E-state index contributed by atoms with van der Waals surface area (Å²) in [4.78, 5) is 13.8. The molecule has 0 saturated carbocycles. The summed E-state index contributed by atoms with van der Waals surface area (Å²) in [7, 11) is 1.74. The summed E-state index contributed by atoms with van der Waals surface area (Å²) in [6.07, 6.45) is 5.46.